The van der Waals surface area contributed by atoms with E-state index in [0.29, 0.717) is 24.3 Å². The van der Waals surface area contributed by atoms with Gasteiger partial charge in [0.05, 0.1) is 24.3 Å². The predicted octanol–water partition coefficient (Wildman–Crippen LogP) is 8.33. The minimum absolute atomic E-state index is 0.0977. The van der Waals surface area contributed by atoms with Gasteiger partial charge in [-0.05, 0) is 45.2 Å². The Labute approximate surface area is 225 Å². The smallest absolute Gasteiger partial charge is 0.339 e. The quantitative estimate of drug-likeness (QED) is 0.177. The number of carbonyl (C=O) groups is 2. The maximum absolute atomic E-state index is 12.4. The second kappa shape index (κ2) is 19.7. The van der Waals surface area contributed by atoms with Crippen LogP contribution in [0.3, 0.4) is 0 Å². The molecule has 1 aromatic rings. The summed E-state index contributed by atoms with van der Waals surface area (Å²) in [5.74, 6) is -0.888. The van der Waals surface area contributed by atoms with Gasteiger partial charge >= 0.3 is 11.9 Å². The van der Waals surface area contributed by atoms with Gasteiger partial charge in [0, 0.05) is 5.54 Å². The summed E-state index contributed by atoms with van der Waals surface area (Å²) in [5.41, 5.74) is 7.61. The van der Waals surface area contributed by atoms with Crippen molar-refractivity contribution >= 4 is 11.9 Å². The van der Waals surface area contributed by atoms with Gasteiger partial charge in [-0.3, -0.25) is 0 Å². The first-order chi connectivity index (χ1) is 17.8. The Balaban J connectivity index is 0.000000635. The predicted molar refractivity (Wildman–Crippen MR) is 154 cm³/mol. The fourth-order valence-corrected chi connectivity index (χ4v) is 3.93. The molecular weight excluding hydrogens is 462 g/mol. The molecule has 1 unspecified atom stereocenters. The van der Waals surface area contributed by atoms with E-state index in [-0.39, 0.29) is 5.54 Å². The maximum Gasteiger partial charge on any atom is 0.339 e. The monoisotopic (exact) mass is 513 g/mol. The molecule has 5 nitrogen and oxygen atoms in total. The first kappa shape index (κ1) is 32.6. The van der Waals surface area contributed by atoms with E-state index >= 15 is 0 Å². The van der Waals surface area contributed by atoms with Crippen molar-refractivity contribution in [3.63, 3.8) is 0 Å². The summed E-state index contributed by atoms with van der Waals surface area (Å²) in [5, 5.41) is 0. The fourth-order valence-electron chi connectivity index (χ4n) is 3.93. The molecule has 2 N–H and O–H groups in total. The highest BCUT2D eigenvalue weighted by atomic mass is 16.5. The number of esters is 2. The van der Waals surface area contributed by atoms with Gasteiger partial charge in [0.2, 0.25) is 0 Å². The van der Waals surface area contributed by atoms with Crippen molar-refractivity contribution in [1.82, 2.24) is 0 Å². The Morgan fingerprint density at radius 3 is 1.59 bits per heavy atom. The lowest BCUT2D eigenvalue weighted by molar-refractivity contribution is 0.0450. The zero-order valence-electron chi connectivity index (χ0n) is 23.9. The van der Waals surface area contributed by atoms with Crippen LogP contribution in [0, 0.1) is 0 Å². The molecule has 0 heterocycles. The van der Waals surface area contributed by atoms with Gasteiger partial charge in [-0.1, -0.05) is 114 Å². The van der Waals surface area contributed by atoms with Crippen LogP contribution in [0.4, 0.5) is 0 Å². The molecule has 0 saturated heterocycles. The van der Waals surface area contributed by atoms with Crippen molar-refractivity contribution in [2.75, 3.05) is 13.2 Å². The lowest BCUT2D eigenvalue weighted by atomic mass is 9.92. The van der Waals surface area contributed by atoms with Crippen molar-refractivity contribution < 1.29 is 19.1 Å². The highest BCUT2D eigenvalue weighted by Crippen LogP contribution is 2.17. The molecular formula is C32H51NO4. The number of carbonyl (C=O) groups excluding carboxylic acids is 2. The minimum Gasteiger partial charge on any atom is -0.462 e. The fraction of sp³-hybridized carbons (Fsp3) is 0.625. The van der Waals surface area contributed by atoms with Crippen LogP contribution in [-0.4, -0.2) is 30.7 Å². The lowest BCUT2D eigenvalue weighted by Crippen LogP contribution is -2.33. The molecule has 208 valence electrons. The van der Waals surface area contributed by atoms with Gasteiger partial charge in [-0.15, -0.1) is 0 Å². The Morgan fingerprint density at radius 2 is 1.22 bits per heavy atom. The highest BCUT2D eigenvalue weighted by Gasteiger charge is 2.19. The zero-order valence-corrected chi connectivity index (χ0v) is 23.9. The first-order valence-electron chi connectivity index (χ1n) is 14.4. The van der Waals surface area contributed by atoms with Crippen molar-refractivity contribution in [1.29, 1.82) is 0 Å². The molecule has 0 fully saturated rings. The number of hydrogen-bond acceptors (Lipinski definition) is 5. The summed E-state index contributed by atoms with van der Waals surface area (Å²) in [7, 11) is 0. The average molecular weight is 514 g/mol. The van der Waals surface area contributed by atoms with Crippen LogP contribution in [-0.2, 0) is 9.47 Å². The standard InChI is InChI=1S/C24H38O4.C8H13N/c1-3-5-7-9-11-15-19-27-23(25)21-17-13-14-18-22(21)24(26)28-20-16-12-10-8-6-4-2;1-7-3-5-8(2,9)6-4-7/h13-14,17-18H,3-12,15-16,19-20H2,1-2H3;3-5H,6,9H2,1-2H3. The topological polar surface area (TPSA) is 78.6 Å². The molecule has 1 aliphatic rings. The van der Waals surface area contributed by atoms with Crippen molar-refractivity contribution in [2.45, 2.75) is 117 Å². The molecule has 0 aromatic heterocycles. The molecule has 1 atom stereocenters. The molecule has 0 saturated carbocycles. The molecule has 0 aliphatic heterocycles. The normalized spacial score (nSPS) is 16.4. The summed E-state index contributed by atoms with van der Waals surface area (Å²) >= 11 is 0. The second-order valence-electron chi connectivity index (χ2n) is 10.3. The molecule has 2 rings (SSSR count). The van der Waals surface area contributed by atoms with Crippen LogP contribution in [0.2, 0.25) is 0 Å². The molecule has 1 aliphatic carbocycles. The van der Waals surface area contributed by atoms with Gasteiger partial charge in [0.1, 0.15) is 0 Å². The summed E-state index contributed by atoms with van der Waals surface area (Å²) in [6, 6.07) is 6.74. The summed E-state index contributed by atoms with van der Waals surface area (Å²) in [6.07, 6.45) is 20.9. The van der Waals surface area contributed by atoms with Crippen LogP contribution in [0.15, 0.2) is 48.1 Å². The average Bonchev–Trinajstić information content (AvgIpc) is 2.89. The van der Waals surface area contributed by atoms with E-state index < -0.39 is 11.9 Å². The largest absolute Gasteiger partial charge is 0.462 e. The number of unbranched alkanes of at least 4 members (excludes halogenated alkanes) is 10. The Bertz CT molecular complexity index is 792. The number of ether oxygens (including phenoxy) is 2. The Morgan fingerprint density at radius 1 is 0.784 bits per heavy atom. The van der Waals surface area contributed by atoms with Crippen LogP contribution < -0.4 is 5.73 Å². The molecule has 5 heteroatoms. The van der Waals surface area contributed by atoms with Crippen molar-refractivity contribution in [3.05, 3.63) is 59.2 Å². The van der Waals surface area contributed by atoms with E-state index in [1.54, 1.807) is 24.3 Å². The number of nitrogens with two attached hydrogens (primary N) is 1. The van der Waals surface area contributed by atoms with Gasteiger partial charge in [-0.2, -0.15) is 0 Å². The number of allylic oxidation sites excluding steroid dienone is 2. The molecule has 0 spiro atoms. The van der Waals surface area contributed by atoms with Crippen LogP contribution in [0.5, 0.6) is 0 Å². The van der Waals surface area contributed by atoms with E-state index in [1.165, 1.54) is 56.9 Å². The van der Waals surface area contributed by atoms with E-state index in [4.69, 9.17) is 15.2 Å². The molecule has 37 heavy (non-hydrogen) atoms. The third-order valence-electron chi connectivity index (χ3n) is 6.42. The van der Waals surface area contributed by atoms with Gasteiger partial charge in [0.25, 0.3) is 0 Å². The number of rotatable bonds is 16. The van der Waals surface area contributed by atoms with E-state index in [0.717, 1.165) is 32.1 Å². The first-order valence-corrected chi connectivity index (χ1v) is 14.4. The zero-order chi connectivity index (χ0) is 27.4. The van der Waals surface area contributed by atoms with E-state index in [2.05, 4.69) is 39.0 Å². The molecule has 0 bridgehead atoms. The van der Waals surface area contributed by atoms with Crippen LogP contribution in [0.25, 0.3) is 0 Å². The summed E-state index contributed by atoms with van der Waals surface area (Å²) in [4.78, 5) is 24.7. The Kier molecular flexibility index (Phi) is 17.4. The number of hydrogen-bond donors (Lipinski definition) is 1. The minimum atomic E-state index is -0.444. The SMILES string of the molecule is CC1=CCC(C)(N)C=C1.CCCCCCCCOC(=O)c1ccccc1C(=O)OCCCCCCCC. The molecule has 0 amide bonds. The number of benzene rings is 1. The van der Waals surface area contributed by atoms with Gasteiger partial charge in [0.15, 0.2) is 0 Å². The van der Waals surface area contributed by atoms with Crippen molar-refractivity contribution in [2.24, 2.45) is 5.73 Å². The summed E-state index contributed by atoms with van der Waals surface area (Å²) < 4.78 is 10.7. The third-order valence-corrected chi connectivity index (χ3v) is 6.42. The van der Waals surface area contributed by atoms with E-state index in [1.807, 2.05) is 6.92 Å². The summed E-state index contributed by atoms with van der Waals surface area (Å²) in [6.45, 7) is 9.30. The molecule has 1 aromatic carbocycles. The van der Waals surface area contributed by atoms with Crippen LogP contribution in [0.1, 0.15) is 132 Å². The van der Waals surface area contributed by atoms with Crippen molar-refractivity contribution in [3.8, 4) is 0 Å². The van der Waals surface area contributed by atoms with Gasteiger partial charge < -0.3 is 15.2 Å². The lowest BCUT2D eigenvalue weighted by Gasteiger charge is -2.21. The maximum atomic E-state index is 12.4. The molecule has 0 radical (unpaired) electrons. The highest BCUT2D eigenvalue weighted by molar-refractivity contribution is 6.03. The van der Waals surface area contributed by atoms with Crippen LogP contribution >= 0.6 is 0 Å². The van der Waals surface area contributed by atoms with Gasteiger partial charge in [-0.25, -0.2) is 9.59 Å². The van der Waals surface area contributed by atoms with E-state index in [9.17, 15) is 9.59 Å². The Hall–Kier alpha value is -2.40. The third kappa shape index (κ3) is 15.5. The second-order valence-corrected chi connectivity index (χ2v) is 10.3.